The van der Waals surface area contributed by atoms with Crippen LogP contribution in [0.5, 0.6) is 11.5 Å². The van der Waals surface area contributed by atoms with E-state index < -0.39 is 6.04 Å². The third kappa shape index (κ3) is 5.69. The molecule has 5 rings (SSSR count). The minimum atomic E-state index is -0.620. The second-order valence-corrected chi connectivity index (χ2v) is 11.0. The van der Waals surface area contributed by atoms with Crippen LogP contribution in [-0.2, 0) is 9.59 Å². The number of carbonyl (C=O) groups is 3. The van der Waals surface area contributed by atoms with Crippen molar-refractivity contribution < 1.29 is 23.9 Å². The van der Waals surface area contributed by atoms with Crippen LogP contribution in [0, 0.1) is 0 Å². The number of amides is 1. The van der Waals surface area contributed by atoms with Crippen LogP contribution in [0.2, 0.25) is 0 Å². The summed E-state index contributed by atoms with van der Waals surface area (Å²) >= 11 is 0. The highest BCUT2D eigenvalue weighted by Gasteiger charge is 2.41. The molecule has 3 aromatic rings. The Morgan fingerprint density at radius 1 is 0.905 bits per heavy atom. The van der Waals surface area contributed by atoms with Gasteiger partial charge in [-0.1, -0.05) is 62.2 Å². The Bertz CT molecular complexity index is 1520. The number of rotatable bonds is 9. The molecule has 218 valence electrons. The fraction of sp³-hybridized carbons (Fsp3) is 0.343. The van der Waals surface area contributed by atoms with Crippen LogP contribution in [-0.4, -0.2) is 31.7 Å². The van der Waals surface area contributed by atoms with Gasteiger partial charge in [0.15, 0.2) is 23.1 Å². The second kappa shape index (κ2) is 12.6. The van der Waals surface area contributed by atoms with Gasteiger partial charge >= 0.3 is 0 Å². The lowest BCUT2D eigenvalue weighted by Gasteiger charge is -2.35. The number of ether oxygens (including phenoxy) is 2. The van der Waals surface area contributed by atoms with Crippen LogP contribution >= 0.6 is 0 Å². The van der Waals surface area contributed by atoms with Crippen molar-refractivity contribution >= 4 is 28.8 Å². The van der Waals surface area contributed by atoms with Crippen LogP contribution in [0.1, 0.15) is 85.8 Å². The summed E-state index contributed by atoms with van der Waals surface area (Å²) < 4.78 is 11.0. The number of methoxy groups -OCH3 is 2. The van der Waals surface area contributed by atoms with Crippen molar-refractivity contribution in [2.75, 3.05) is 24.4 Å². The monoisotopic (exact) mass is 566 g/mol. The zero-order chi connectivity index (χ0) is 29.8. The molecular formula is C35H38N2O5. The molecule has 0 radical (unpaired) electrons. The largest absolute Gasteiger partial charge is 0.493 e. The number of Topliss-reactive ketones (excluding diaryl/α,β-unsaturated/α-hetero) is 2. The molecule has 3 aromatic carbocycles. The molecule has 0 saturated heterocycles. The topological polar surface area (TPSA) is 84.9 Å². The number of nitrogens with one attached hydrogen (secondary N) is 1. The molecule has 1 amide bonds. The third-order valence-corrected chi connectivity index (χ3v) is 8.26. The zero-order valence-corrected chi connectivity index (χ0v) is 24.7. The Morgan fingerprint density at radius 2 is 1.62 bits per heavy atom. The summed E-state index contributed by atoms with van der Waals surface area (Å²) in [4.78, 5) is 42.1. The molecule has 7 nitrogen and oxygen atoms in total. The number of carbonyl (C=O) groups excluding carboxylic acids is 3. The first-order chi connectivity index (χ1) is 20.4. The first kappa shape index (κ1) is 29.1. The van der Waals surface area contributed by atoms with Crippen molar-refractivity contribution in [3.05, 3.63) is 94.7 Å². The second-order valence-electron chi connectivity index (χ2n) is 11.0. The third-order valence-electron chi connectivity index (χ3n) is 8.26. The van der Waals surface area contributed by atoms with Crippen molar-refractivity contribution in [3.63, 3.8) is 0 Å². The van der Waals surface area contributed by atoms with Crippen molar-refractivity contribution in [3.8, 4) is 11.5 Å². The van der Waals surface area contributed by atoms with Gasteiger partial charge in [0.05, 0.1) is 31.6 Å². The number of ketones is 2. The predicted octanol–water partition coefficient (Wildman–Crippen LogP) is 7.39. The van der Waals surface area contributed by atoms with Gasteiger partial charge in [-0.25, -0.2) is 0 Å². The normalized spacial score (nSPS) is 18.0. The Hall–Kier alpha value is -4.39. The molecule has 1 heterocycles. The molecule has 0 bridgehead atoms. The van der Waals surface area contributed by atoms with Gasteiger partial charge in [-0.2, -0.15) is 0 Å². The number of benzene rings is 3. The molecular weight excluding hydrogens is 528 g/mol. The quantitative estimate of drug-likeness (QED) is 0.215. The summed E-state index contributed by atoms with van der Waals surface area (Å²) in [5, 5.41) is 3.58. The average molecular weight is 567 g/mol. The van der Waals surface area contributed by atoms with Gasteiger partial charge < -0.3 is 14.8 Å². The van der Waals surface area contributed by atoms with Crippen molar-refractivity contribution in [1.82, 2.24) is 0 Å². The lowest BCUT2D eigenvalue weighted by molar-refractivity contribution is -0.119. The minimum absolute atomic E-state index is 0.0108. The summed E-state index contributed by atoms with van der Waals surface area (Å²) in [5.41, 5.74) is 5.31. The molecule has 0 saturated carbocycles. The van der Waals surface area contributed by atoms with Gasteiger partial charge in [0, 0.05) is 29.7 Å². The van der Waals surface area contributed by atoms with Gasteiger partial charge in [0.2, 0.25) is 5.91 Å². The lowest BCUT2D eigenvalue weighted by Crippen LogP contribution is -2.38. The number of unbranched alkanes of at least 4 members (excludes halogenated alkanes) is 2. The Balaban J connectivity index is 1.65. The van der Waals surface area contributed by atoms with E-state index in [1.54, 1.807) is 31.3 Å². The van der Waals surface area contributed by atoms with E-state index in [2.05, 4.69) is 12.2 Å². The van der Waals surface area contributed by atoms with Crippen molar-refractivity contribution in [1.29, 1.82) is 0 Å². The molecule has 0 aromatic heterocycles. The summed E-state index contributed by atoms with van der Waals surface area (Å²) in [6.07, 6.45) is 4.01. The summed E-state index contributed by atoms with van der Waals surface area (Å²) in [7, 11) is 3.20. The first-order valence-corrected chi connectivity index (χ1v) is 14.6. The highest BCUT2D eigenvalue weighted by molar-refractivity contribution is 6.06. The molecule has 1 aliphatic heterocycles. The fourth-order valence-electron chi connectivity index (χ4n) is 6.07. The maximum absolute atomic E-state index is 14.2. The van der Waals surface area contributed by atoms with E-state index in [9.17, 15) is 14.4 Å². The van der Waals surface area contributed by atoms with Gasteiger partial charge in [0.1, 0.15) is 0 Å². The maximum atomic E-state index is 14.2. The predicted molar refractivity (Wildman–Crippen MR) is 164 cm³/mol. The van der Waals surface area contributed by atoms with E-state index in [1.165, 1.54) is 6.92 Å². The maximum Gasteiger partial charge on any atom is 0.227 e. The number of anilines is 2. The van der Waals surface area contributed by atoms with Crippen LogP contribution in [0.15, 0.2) is 78.0 Å². The molecule has 0 spiro atoms. The summed E-state index contributed by atoms with van der Waals surface area (Å²) in [6.45, 7) is 3.64. The molecule has 2 aliphatic rings. The number of para-hydroxylation sites is 2. The number of hydrogen-bond donors (Lipinski definition) is 1. The van der Waals surface area contributed by atoms with Crippen LogP contribution < -0.4 is 19.7 Å². The highest BCUT2D eigenvalue weighted by atomic mass is 16.5. The van der Waals surface area contributed by atoms with Crippen LogP contribution in [0.4, 0.5) is 11.4 Å². The first-order valence-electron chi connectivity index (χ1n) is 14.6. The van der Waals surface area contributed by atoms with E-state index in [0.29, 0.717) is 41.9 Å². The van der Waals surface area contributed by atoms with Gasteiger partial charge in [-0.3, -0.25) is 19.3 Å². The fourth-order valence-corrected chi connectivity index (χ4v) is 6.07. The SMILES string of the molecule is CCCCCC(=O)N1c2ccccc2NC2=C(C(=O)C[C@H](c3ccc(OC)c(OC)c3)C2)[C@@H]1c1ccc(C(C)=O)cc1. The van der Waals surface area contributed by atoms with Crippen molar-refractivity contribution in [2.24, 2.45) is 0 Å². The van der Waals surface area contributed by atoms with E-state index in [0.717, 1.165) is 47.5 Å². The Kier molecular flexibility index (Phi) is 8.76. The van der Waals surface area contributed by atoms with Gasteiger partial charge in [0.25, 0.3) is 0 Å². The minimum Gasteiger partial charge on any atom is -0.493 e. The Labute approximate surface area is 247 Å². The molecule has 1 N–H and O–H groups in total. The van der Waals surface area contributed by atoms with Crippen LogP contribution in [0.3, 0.4) is 0 Å². The van der Waals surface area contributed by atoms with Gasteiger partial charge in [-0.05, 0) is 61.1 Å². The molecule has 0 fully saturated rings. The van der Waals surface area contributed by atoms with Gasteiger partial charge in [-0.15, -0.1) is 0 Å². The number of nitrogens with zero attached hydrogens (tertiary/aromatic N) is 1. The smallest absolute Gasteiger partial charge is 0.227 e. The summed E-state index contributed by atoms with van der Waals surface area (Å²) in [5.74, 6) is 1.10. The van der Waals surface area contributed by atoms with Crippen molar-refractivity contribution in [2.45, 2.75) is 64.3 Å². The Morgan fingerprint density at radius 3 is 2.31 bits per heavy atom. The zero-order valence-electron chi connectivity index (χ0n) is 24.7. The molecule has 7 heteroatoms. The molecule has 0 unspecified atom stereocenters. The van der Waals surface area contributed by atoms with E-state index in [4.69, 9.17) is 9.47 Å². The van der Waals surface area contributed by atoms with E-state index in [-0.39, 0.29) is 23.4 Å². The summed E-state index contributed by atoms with van der Waals surface area (Å²) in [6, 6.07) is 20.2. The number of allylic oxidation sites excluding steroid dienone is 1. The number of fused-ring (bicyclic) bond motifs is 1. The number of hydrogen-bond acceptors (Lipinski definition) is 6. The lowest BCUT2D eigenvalue weighted by atomic mass is 9.78. The van der Waals surface area contributed by atoms with E-state index in [1.807, 2.05) is 54.6 Å². The average Bonchev–Trinajstić information content (AvgIpc) is 3.15. The van der Waals surface area contributed by atoms with E-state index >= 15 is 0 Å². The highest BCUT2D eigenvalue weighted by Crippen LogP contribution is 2.48. The molecule has 42 heavy (non-hydrogen) atoms. The standard InChI is InChI=1S/C35H38N2O5/c1-5-6-7-12-33(40)37-29-11-9-8-10-27(29)36-28-19-26(25-17-18-31(41-3)32(21-25)42-4)20-30(39)34(28)35(37)24-15-13-23(14-16-24)22(2)38/h8-11,13-18,21,26,35-36H,5-7,12,19-20H2,1-4H3/t26-,35+/m1/s1. The molecule has 2 atom stereocenters. The van der Waals surface area contributed by atoms with Crippen LogP contribution in [0.25, 0.3) is 0 Å². The molecule has 1 aliphatic carbocycles.